The number of benzene rings is 1. The predicted molar refractivity (Wildman–Crippen MR) is 59.4 cm³/mol. The number of ether oxygens (including phenoxy) is 1. The van der Waals surface area contributed by atoms with E-state index in [0.717, 1.165) is 18.9 Å². The third kappa shape index (κ3) is 2.55. The average molecular weight is 239 g/mol. The third-order valence-corrected chi connectivity index (χ3v) is 2.96. The maximum absolute atomic E-state index is 13.4. The summed E-state index contributed by atoms with van der Waals surface area (Å²) in [5.41, 5.74) is -0.0522. The lowest BCUT2D eigenvalue weighted by molar-refractivity contribution is 0.0175. The van der Waals surface area contributed by atoms with Crippen molar-refractivity contribution in [3.05, 3.63) is 29.6 Å². The average Bonchev–Trinajstić information content (AvgIpc) is 2.22. The minimum Gasteiger partial charge on any atom is -0.508 e. The van der Waals surface area contributed by atoms with Crippen molar-refractivity contribution in [3.63, 3.8) is 0 Å². The molecule has 1 fully saturated rings. The zero-order valence-corrected chi connectivity index (χ0v) is 9.44. The van der Waals surface area contributed by atoms with Gasteiger partial charge in [0, 0.05) is 19.2 Å². The van der Waals surface area contributed by atoms with Gasteiger partial charge in [-0.2, -0.15) is 0 Å². The van der Waals surface area contributed by atoms with Crippen molar-refractivity contribution in [2.45, 2.75) is 25.0 Å². The van der Waals surface area contributed by atoms with Crippen LogP contribution in [0.5, 0.6) is 5.75 Å². The Balaban J connectivity index is 1.96. The van der Waals surface area contributed by atoms with Crippen molar-refractivity contribution >= 4 is 5.91 Å². The molecule has 1 aromatic carbocycles. The van der Waals surface area contributed by atoms with Crippen LogP contribution in [0.4, 0.5) is 4.39 Å². The monoisotopic (exact) mass is 239 g/mol. The van der Waals surface area contributed by atoms with Crippen LogP contribution in [0.25, 0.3) is 0 Å². The number of carbonyl (C=O) groups is 1. The van der Waals surface area contributed by atoms with Gasteiger partial charge in [0.15, 0.2) is 0 Å². The molecule has 0 spiro atoms. The highest BCUT2D eigenvalue weighted by atomic mass is 19.1. The van der Waals surface area contributed by atoms with Gasteiger partial charge >= 0.3 is 0 Å². The Morgan fingerprint density at radius 1 is 1.53 bits per heavy atom. The Labute approximate surface area is 98.4 Å². The number of aromatic hydroxyl groups is 1. The lowest BCUT2D eigenvalue weighted by Crippen LogP contribution is -2.47. The van der Waals surface area contributed by atoms with Crippen molar-refractivity contribution in [2.24, 2.45) is 0 Å². The maximum atomic E-state index is 13.4. The van der Waals surface area contributed by atoms with Crippen LogP contribution in [0.1, 0.15) is 23.2 Å². The lowest BCUT2D eigenvalue weighted by Gasteiger charge is -2.34. The Bertz CT molecular complexity index is 430. The Hall–Kier alpha value is -1.62. The summed E-state index contributed by atoms with van der Waals surface area (Å²) >= 11 is 0. The molecule has 2 N–H and O–H groups in total. The topological polar surface area (TPSA) is 58.6 Å². The largest absolute Gasteiger partial charge is 0.508 e. The number of hydrogen-bond acceptors (Lipinski definition) is 3. The van der Waals surface area contributed by atoms with Gasteiger partial charge in [0.1, 0.15) is 11.6 Å². The van der Waals surface area contributed by atoms with Gasteiger partial charge in [-0.25, -0.2) is 4.39 Å². The summed E-state index contributed by atoms with van der Waals surface area (Å²) in [6.45, 7) is 0. The molecule has 1 amide bonds. The number of amides is 1. The van der Waals surface area contributed by atoms with Crippen LogP contribution in [0, 0.1) is 5.82 Å². The van der Waals surface area contributed by atoms with E-state index < -0.39 is 11.7 Å². The summed E-state index contributed by atoms with van der Waals surface area (Å²) < 4.78 is 18.5. The molecule has 0 atom stereocenters. The second kappa shape index (κ2) is 4.71. The van der Waals surface area contributed by atoms with Gasteiger partial charge < -0.3 is 15.2 Å². The van der Waals surface area contributed by atoms with Crippen molar-refractivity contribution in [1.82, 2.24) is 5.32 Å². The number of phenols is 1. The summed E-state index contributed by atoms with van der Waals surface area (Å²) in [5.74, 6) is -1.37. The van der Waals surface area contributed by atoms with Crippen LogP contribution in [0.3, 0.4) is 0 Å². The highest BCUT2D eigenvalue weighted by Crippen LogP contribution is 2.23. The first-order valence-electron chi connectivity index (χ1n) is 5.42. The molecule has 4 nitrogen and oxygen atoms in total. The minimum atomic E-state index is -0.717. The van der Waals surface area contributed by atoms with E-state index in [1.54, 1.807) is 7.11 Å². The van der Waals surface area contributed by atoms with Crippen molar-refractivity contribution < 1.29 is 19.0 Å². The smallest absolute Gasteiger partial charge is 0.254 e. The Morgan fingerprint density at radius 2 is 2.24 bits per heavy atom. The molecule has 1 aromatic rings. The first-order chi connectivity index (χ1) is 8.10. The standard InChI is InChI=1S/C12H14FNO3/c1-17-9-4-7(5-9)14-12(16)10-3-2-8(15)6-11(10)13/h2-3,6-7,9,15H,4-5H2,1H3,(H,14,16). The summed E-state index contributed by atoms with van der Waals surface area (Å²) in [6.07, 6.45) is 1.69. The SMILES string of the molecule is COC1CC(NC(=O)c2ccc(O)cc2F)C1. The van der Waals surface area contributed by atoms with Gasteiger partial charge in [-0.1, -0.05) is 0 Å². The number of nitrogens with one attached hydrogen (secondary N) is 1. The van der Waals surface area contributed by atoms with Crippen LogP contribution >= 0.6 is 0 Å². The minimum absolute atomic E-state index is 0.0423. The first-order valence-corrected chi connectivity index (χ1v) is 5.42. The molecule has 5 heteroatoms. The highest BCUT2D eigenvalue weighted by Gasteiger charge is 2.30. The van der Waals surface area contributed by atoms with Gasteiger partial charge in [0.25, 0.3) is 5.91 Å². The maximum Gasteiger partial charge on any atom is 0.254 e. The van der Waals surface area contributed by atoms with E-state index in [4.69, 9.17) is 9.84 Å². The van der Waals surface area contributed by atoms with Crippen LogP contribution in [0.2, 0.25) is 0 Å². The molecular formula is C12H14FNO3. The fourth-order valence-corrected chi connectivity index (χ4v) is 1.83. The molecule has 1 saturated carbocycles. The molecule has 0 radical (unpaired) electrons. The molecule has 0 aromatic heterocycles. The second-order valence-electron chi connectivity index (χ2n) is 4.16. The zero-order chi connectivity index (χ0) is 12.4. The van der Waals surface area contributed by atoms with E-state index >= 15 is 0 Å². The molecule has 17 heavy (non-hydrogen) atoms. The molecule has 0 saturated heterocycles. The molecule has 0 unspecified atom stereocenters. The van der Waals surface area contributed by atoms with Gasteiger partial charge in [-0.15, -0.1) is 0 Å². The molecule has 2 rings (SSSR count). The fourth-order valence-electron chi connectivity index (χ4n) is 1.83. The summed E-state index contributed by atoms with van der Waals surface area (Å²) in [5, 5.41) is 11.8. The number of phenolic OH excluding ortho intramolecular Hbond substituents is 1. The van der Waals surface area contributed by atoms with Crippen LogP contribution in [0.15, 0.2) is 18.2 Å². The number of rotatable bonds is 3. The van der Waals surface area contributed by atoms with E-state index in [9.17, 15) is 9.18 Å². The first kappa shape index (κ1) is 11.9. The molecule has 1 aliphatic carbocycles. The molecular weight excluding hydrogens is 225 g/mol. The summed E-state index contributed by atoms with van der Waals surface area (Å²) in [7, 11) is 1.63. The molecule has 1 aliphatic rings. The number of carbonyl (C=O) groups excluding carboxylic acids is 1. The van der Waals surface area contributed by atoms with Crippen molar-refractivity contribution in [1.29, 1.82) is 0 Å². The molecule has 0 bridgehead atoms. The Kier molecular flexibility index (Phi) is 3.28. The number of hydrogen-bond donors (Lipinski definition) is 2. The van der Waals surface area contributed by atoms with Gasteiger partial charge in [-0.05, 0) is 25.0 Å². The van der Waals surface area contributed by atoms with Crippen molar-refractivity contribution in [3.8, 4) is 5.75 Å². The lowest BCUT2D eigenvalue weighted by atomic mass is 9.89. The number of methoxy groups -OCH3 is 1. The highest BCUT2D eigenvalue weighted by molar-refractivity contribution is 5.94. The van der Waals surface area contributed by atoms with Gasteiger partial charge in [0.2, 0.25) is 0 Å². The van der Waals surface area contributed by atoms with Gasteiger partial charge in [-0.3, -0.25) is 4.79 Å². The Morgan fingerprint density at radius 3 is 2.82 bits per heavy atom. The van der Waals surface area contributed by atoms with Crippen LogP contribution in [-0.4, -0.2) is 30.3 Å². The quantitative estimate of drug-likeness (QED) is 0.839. The fraction of sp³-hybridized carbons (Fsp3) is 0.417. The van der Waals surface area contributed by atoms with Crippen LogP contribution in [-0.2, 0) is 4.74 Å². The number of halogens is 1. The molecule has 0 aliphatic heterocycles. The van der Waals surface area contributed by atoms with Crippen LogP contribution < -0.4 is 5.32 Å². The molecule has 0 heterocycles. The summed E-state index contributed by atoms with van der Waals surface area (Å²) in [6, 6.07) is 3.53. The van der Waals surface area contributed by atoms with E-state index in [2.05, 4.69) is 5.32 Å². The van der Waals surface area contributed by atoms with Crippen molar-refractivity contribution in [2.75, 3.05) is 7.11 Å². The molecule has 92 valence electrons. The van der Waals surface area contributed by atoms with E-state index in [1.165, 1.54) is 12.1 Å². The zero-order valence-electron chi connectivity index (χ0n) is 9.44. The predicted octanol–water partition coefficient (Wildman–Crippen LogP) is 1.44. The second-order valence-corrected chi connectivity index (χ2v) is 4.16. The third-order valence-electron chi connectivity index (χ3n) is 2.96. The normalized spacial score (nSPS) is 22.9. The van der Waals surface area contributed by atoms with Gasteiger partial charge in [0.05, 0.1) is 11.7 Å². The summed E-state index contributed by atoms with van der Waals surface area (Å²) in [4.78, 5) is 11.7. The van der Waals surface area contributed by atoms with E-state index in [-0.39, 0.29) is 23.5 Å². The van der Waals surface area contributed by atoms with E-state index in [1.807, 2.05) is 0 Å². The van der Waals surface area contributed by atoms with E-state index in [0.29, 0.717) is 0 Å².